The van der Waals surface area contributed by atoms with Crippen LogP contribution in [0.5, 0.6) is 0 Å². The molecular formula is C15H20N2O4S. The first-order valence-electron chi connectivity index (χ1n) is 7.43. The maximum atomic E-state index is 12.2. The minimum Gasteiger partial charge on any atom is -0.349 e. The van der Waals surface area contributed by atoms with E-state index in [1.807, 2.05) is 6.92 Å². The number of hydrogen-bond donors (Lipinski definition) is 1. The zero-order valence-electron chi connectivity index (χ0n) is 12.5. The molecule has 3 atom stereocenters. The highest BCUT2D eigenvalue weighted by Gasteiger charge is 2.26. The lowest BCUT2D eigenvalue weighted by Gasteiger charge is -2.29. The van der Waals surface area contributed by atoms with E-state index in [0.717, 1.165) is 19.3 Å². The number of nitrogens with zero attached hydrogens (tertiary/aromatic N) is 1. The molecule has 1 N–H and O–H groups in total. The Hall–Kier alpha value is -1.76. The molecule has 1 aliphatic carbocycles. The van der Waals surface area contributed by atoms with Crippen LogP contribution in [0.25, 0.3) is 0 Å². The lowest BCUT2D eigenvalue weighted by molar-refractivity contribution is -0.384. The van der Waals surface area contributed by atoms with E-state index < -0.39 is 15.7 Å². The number of non-ortho nitro benzene ring substituents is 1. The molecular weight excluding hydrogens is 304 g/mol. The molecule has 0 aromatic heterocycles. The van der Waals surface area contributed by atoms with Gasteiger partial charge >= 0.3 is 0 Å². The molecule has 1 fully saturated rings. The average Bonchev–Trinajstić information content (AvgIpc) is 2.54. The Morgan fingerprint density at radius 3 is 2.91 bits per heavy atom. The van der Waals surface area contributed by atoms with Gasteiger partial charge in [0.15, 0.2) is 0 Å². The zero-order chi connectivity index (χ0) is 16.1. The fourth-order valence-electron chi connectivity index (χ4n) is 2.78. The molecule has 0 saturated heterocycles. The summed E-state index contributed by atoms with van der Waals surface area (Å²) < 4.78 is 11.9. The summed E-state index contributed by atoms with van der Waals surface area (Å²) in [5, 5.41) is 13.8. The van der Waals surface area contributed by atoms with E-state index in [1.165, 1.54) is 18.2 Å². The number of carbonyl (C=O) groups excluding carboxylic acids is 1. The second-order valence-electron chi connectivity index (χ2n) is 5.44. The molecule has 7 heteroatoms. The molecule has 1 amide bonds. The molecule has 1 saturated carbocycles. The second kappa shape index (κ2) is 7.49. The van der Waals surface area contributed by atoms with Crippen LogP contribution in [0.3, 0.4) is 0 Å². The predicted octanol–water partition coefficient (Wildman–Crippen LogP) is 2.40. The van der Waals surface area contributed by atoms with Gasteiger partial charge in [0, 0.05) is 45.5 Å². The van der Waals surface area contributed by atoms with Crippen LogP contribution in [0.2, 0.25) is 0 Å². The van der Waals surface area contributed by atoms with Crippen LogP contribution < -0.4 is 5.32 Å². The third kappa shape index (κ3) is 4.13. The molecule has 3 unspecified atom stereocenters. The summed E-state index contributed by atoms with van der Waals surface area (Å²) in [4.78, 5) is 22.5. The monoisotopic (exact) mass is 324 g/mol. The fraction of sp³-hybridized carbons (Fsp3) is 0.533. The van der Waals surface area contributed by atoms with Gasteiger partial charge in [-0.1, -0.05) is 19.4 Å². The van der Waals surface area contributed by atoms with Crippen LogP contribution in [-0.2, 0) is 10.8 Å². The van der Waals surface area contributed by atoms with Gasteiger partial charge in [-0.25, -0.2) is 0 Å². The van der Waals surface area contributed by atoms with E-state index in [-0.39, 0.29) is 28.4 Å². The highest BCUT2D eigenvalue weighted by molar-refractivity contribution is 7.85. The van der Waals surface area contributed by atoms with E-state index in [1.54, 1.807) is 6.07 Å². The third-order valence-corrected chi connectivity index (χ3v) is 5.68. The van der Waals surface area contributed by atoms with Crippen LogP contribution in [0.15, 0.2) is 24.3 Å². The molecule has 0 spiro atoms. The topological polar surface area (TPSA) is 89.3 Å². The quantitative estimate of drug-likeness (QED) is 0.665. The SMILES string of the molecule is CCS(=O)C1CCCC(NC(=O)c2cccc([N+](=O)[O-])c2)C1. The van der Waals surface area contributed by atoms with Crippen LogP contribution >= 0.6 is 0 Å². The van der Waals surface area contributed by atoms with Crippen LogP contribution in [-0.4, -0.2) is 32.1 Å². The first-order chi connectivity index (χ1) is 10.5. The Balaban J connectivity index is 2.01. The van der Waals surface area contributed by atoms with Gasteiger partial charge < -0.3 is 5.32 Å². The lowest BCUT2D eigenvalue weighted by atomic mass is 9.94. The average molecular weight is 324 g/mol. The van der Waals surface area contributed by atoms with Gasteiger partial charge in [-0.15, -0.1) is 0 Å². The van der Waals surface area contributed by atoms with Gasteiger partial charge in [-0.2, -0.15) is 0 Å². The molecule has 0 bridgehead atoms. The smallest absolute Gasteiger partial charge is 0.270 e. The van der Waals surface area contributed by atoms with Crippen LogP contribution in [0.1, 0.15) is 43.0 Å². The standard InChI is InChI=1S/C15H20N2O4S/c1-2-22(21)14-8-4-6-12(10-14)16-15(18)11-5-3-7-13(9-11)17(19)20/h3,5,7,9,12,14H,2,4,6,8,10H2,1H3,(H,16,18). The molecule has 0 radical (unpaired) electrons. The van der Waals surface area contributed by atoms with Crippen molar-refractivity contribution in [2.75, 3.05) is 5.75 Å². The predicted molar refractivity (Wildman–Crippen MR) is 85.3 cm³/mol. The molecule has 1 aromatic rings. The number of nitro groups is 1. The molecule has 22 heavy (non-hydrogen) atoms. The summed E-state index contributed by atoms with van der Waals surface area (Å²) in [5.41, 5.74) is 0.189. The van der Waals surface area contributed by atoms with E-state index >= 15 is 0 Å². The second-order valence-corrected chi connectivity index (χ2v) is 7.44. The molecule has 1 aliphatic rings. The number of nitrogens with one attached hydrogen (secondary N) is 1. The highest BCUT2D eigenvalue weighted by Crippen LogP contribution is 2.23. The number of carbonyl (C=O) groups is 1. The summed E-state index contributed by atoms with van der Waals surface area (Å²) in [7, 11) is -0.844. The largest absolute Gasteiger partial charge is 0.349 e. The van der Waals surface area contributed by atoms with Gasteiger partial charge in [0.05, 0.1) is 4.92 Å². The van der Waals surface area contributed by atoms with Gasteiger partial charge in [0.25, 0.3) is 11.6 Å². The number of hydrogen-bond acceptors (Lipinski definition) is 4. The van der Waals surface area contributed by atoms with Crippen LogP contribution in [0, 0.1) is 10.1 Å². The number of rotatable bonds is 5. The van der Waals surface area contributed by atoms with Crippen molar-refractivity contribution in [3.8, 4) is 0 Å². The van der Waals surface area contributed by atoms with E-state index in [4.69, 9.17) is 0 Å². The minimum absolute atomic E-state index is 0.0130. The Morgan fingerprint density at radius 1 is 1.45 bits per heavy atom. The lowest BCUT2D eigenvalue weighted by Crippen LogP contribution is -2.41. The van der Waals surface area contributed by atoms with Crippen molar-refractivity contribution < 1.29 is 13.9 Å². The number of benzene rings is 1. The van der Waals surface area contributed by atoms with Gasteiger partial charge in [0.1, 0.15) is 0 Å². The summed E-state index contributed by atoms with van der Waals surface area (Å²) in [6.45, 7) is 1.90. The van der Waals surface area contributed by atoms with E-state index in [2.05, 4.69) is 5.32 Å². The fourth-order valence-corrected chi connectivity index (χ4v) is 4.13. The molecule has 0 heterocycles. The van der Waals surface area contributed by atoms with Crippen molar-refractivity contribution in [2.45, 2.75) is 43.9 Å². The highest BCUT2D eigenvalue weighted by atomic mass is 32.2. The van der Waals surface area contributed by atoms with E-state index in [9.17, 15) is 19.1 Å². The minimum atomic E-state index is -0.844. The normalized spacial score (nSPS) is 22.8. The molecule has 1 aromatic carbocycles. The first-order valence-corrected chi connectivity index (χ1v) is 8.82. The van der Waals surface area contributed by atoms with Crippen molar-refractivity contribution in [1.82, 2.24) is 5.32 Å². The number of nitro benzene ring substituents is 1. The Bertz CT molecular complexity index is 591. The number of amides is 1. The summed E-state index contributed by atoms with van der Waals surface area (Å²) in [5.74, 6) is 0.326. The molecule has 0 aliphatic heterocycles. The molecule has 120 valence electrons. The molecule has 6 nitrogen and oxygen atoms in total. The Labute approximate surface area is 131 Å². The maximum Gasteiger partial charge on any atom is 0.270 e. The van der Waals surface area contributed by atoms with Gasteiger partial charge in [-0.3, -0.25) is 19.1 Å². The van der Waals surface area contributed by atoms with Crippen molar-refractivity contribution in [2.24, 2.45) is 0 Å². The third-order valence-electron chi connectivity index (χ3n) is 3.94. The summed E-state index contributed by atoms with van der Waals surface area (Å²) >= 11 is 0. The Kier molecular flexibility index (Phi) is 5.65. The van der Waals surface area contributed by atoms with E-state index in [0.29, 0.717) is 12.2 Å². The van der Waals surface area contributed by atoms with Crippen molar-refractivity contribution >= 4 is 22.4 Å². The zero-order valence-corrected chi connectivity index (χ0v) is 13.3. The van der Waals surface area contributed by atoms with Crippen molar-refractivity contribution in [1.29, 1.82) is 0 Å². The Morgan fingerprint density at radius 2 is 2.23 bits per heavy atom. The van der Waals surface area contributed by atoms with Crippen LogP contribution in [0.4, 0.5) is 5.69 Å². The summed E-state index contributed by atoms with van der Waals surface area (Å²) in [6, 6.07) is 5.69. The summed E-state index contributed by atoms with van der Waals surface area (Å²) in [6.07, 6.45) is 3.44. The maximum absolute atomic E-state index is 12.2. The first kappa shape index (κ1) is 16.6. The van der Waals surface area contributed by atoms with Crippen molar-refractivity contribution in [3.63, 3.8) is 0 Å². The van der Waals surface area contributed by atoms with Crippen molar-refractivity contribution in [3.05, 3.63) is 39.9 Å². The van der Waals surface area contributed by atoms with Gasteiger partial charge in [0.2, 0.25) is 0 Å². The van der Waals surface area contributed by atoms with Gasteiger partial charge in [-0.05, 0) is 25.3 Å². The molecule has 2 rings (SSSR count).